The summed E-state index contributed by atoms with van der Waals surface area (Å²) in [5.74, 6) is 0. The largest absolute Gasteiger partial charge is 0.309 e. The van der Waals surface area contributed by atoms with E-state index in [4.69, 9.17) is 0 Å². The van der Waals surface area contributed by atoms with E-state index in [0.29, 0.717) is 0 Å². The minimum Gasteiger partial charge on any atom is -0.309 e. The zero-order valence-electron chi connectivity index (χ0n) is 13.3. The third-order valence-electron chi connectivity index (χ3n) is 3.70. The Morgan fingerprint density at radius 2 is 2.05 bits per heavy atom. The van der Waals surface area contributed by atoms with Crippen molar-refractivity contribution in [3.8, 4) is 0 Å². The van der Waals surface area contributed by atoms with Gasteiger partial charge in [0.25, 0.3) is 5.69 Å². The van der Waals surface area contributed by atoms with Gasteiger partial charge in [-0.1, -0.05) is 32.9 Å². The molecular formula is C16H27N3O2. The fraction of sp³-hybridized carbons (Fsp3) is 0.625. The van der Waals surface area contributed by atoms with E-state index in [9.17, 15) is 10.1 Å². The van der Waals surface area contributed by atoms with E-state index < -0.39 is 0 Å². The van der Waals surface area contributed by atoms with Crippen molar-refractivity contribution in [1.82, 2.24) is 10.2 Å². The maximum Gasteiger partial charge on any atom is 0.269 e. The lowest BCUT2D eigenvalue weighted by Gasteiger charge is -2.22. The number of non-ortho nitro benzene ring substituents is 1. The molecule has 0 amide bonds. The first-order valence-corrected chi connectivity index (χ1v) is 7.82. The van der Waals surface area contributed by atoms with Crippen LogP contribution in [0.1, 0.15) is 45.2 Å². The average Bonchev–Trinajstić information content (AvgIpc) is 2.50. The van der Waals surface area contributed by atoms with Gasteiger partial charge in [-0.3, -0.25) is 10.1 Å². The molecule has 1 N–H and O–H groups in total. The van der Waals surface area contributed by atoms with Gasteiger partial charge in [-0.25, -0.2) is 0 Å². The monoisotopic (exact) mass is 293 g/mol. The molecule has 1 aromatic carbocycles. The Morgan fingerprint density at radius 1 is 1.29 bits per heavy atom. The standard InChI is InChI=1S/C16H27N3O2/c1-4-11-18(6-3)12-10-17-16(5-2)14-8-7-9-15(13-14)19(20)21/h7-9,13,16-17H,4-6,10-12H2,1-3H3. The normalized spacial score (nSPS) is 12.6. The molecule has 0 aromatic heterocycles. The molecule has 0 aliphatic heterocycles. The lowest BCUT2D eigenvalue weighted by molar-refractivity contribution is -0.384. The van der Waals surface area contributed by atoms with Crippen LogP contribution >= 0.6 is 0 Å². The topological polar surface area (TPSA) is 58.4 Å². The molecule has 0 aliphatic rings. The average molecular weight is 293 g/mol. The van der Waals surface area contributed by atoms with Crippen molar-refractivity contribution in [2.45, 2.75) is 39.7 Å². The highest BCUT2D eigenvalue weighted by Gasteiger charge is 2.13. The number of likely N-dealkylation sites (N-methyl/N-ethyl adjacent to an activating group) is 1. The number of hydrogen-bond acceptors (Lipinski definition) is 4. The number of nitrogens with one attached hydrogen (secondary N) is 1. The highest BCUT2D eigenvalue weighted by Crippen LogP contribution is 2.21. The molecule has 118 valence electrons. The van der Waals surface area contributed by atoms with Crippen LogP contribution in [0, 0.1) is 10.1 Å². The van der Waals surface area contributed by atoms with Crippen LogP contribution < -0.4 is 5.32 Å². The van der Waals surface area contributed by atoms with E-state index in [0.717, 1.165) is 44.6 Å². The summed E-state index contributed by atoms with van der Waals surface area (Å²) in [7, 11) is 0. The first-order valence-electron chi connectivity index (χ1n) is 7.82. The number of hydrogen-bond donors (Lipinski definition) is 1. The van der Waals surface area contributed by atoms with Crippen molar-refractivity contribution >= 4 is 5.69 Å². The fourth-order valence-corrected chi connectivity index (χ4v) is 2.49. The van der Waals surface area contributed by atoms with Gasteiger partial charge in [0, 0.05) is 31.3 Å². The summed E-state index contributed by atoms with van der Waals surface area (Å²) in [5, 5.41) is 14.4. The van der Waals surface area contributed by atoms with Gasteiger partial charge in [-0.2, -0.15) is 0 Å². The molecule has 0 saturated carbocycles. The van der Waals surface area contributed by atoms with Gasteiger partial charge in [0.1, 0.15) is 0 Å². The van der Waals surface area contributed by atoms with Gasteiger partial charge >= 0.3 is 0 Å². The number of nitro groups is 1. The van der Waals surface area contributed by atoms with Gasteiger partial charge in [0.05, 0.1) is 4.92 Å². The quantitative estimate of drug-likeness (QED) is 0.531. The molecule has 0 radical (unpaired) electrons. The number of benzene rings is 1. The molecule has 0 fully saturated rings. The Labute approximate surface area is 127 Å². The maximum absolute atomic E-state index is 10.9. The van der Waals surface area contributed by atoms with Crippen LogP contribution in [0.3, 0.4) is 0 Å². The molecule has 0 heterocycles. The molecule has 1 atom stereocenters. The second kappa shape index (κ2) is 9.47. The number of rotatable bonds is 10. The van der Waals surface area contributed by atoms with Crippen molar-refractivity contribution in [3.05, 3.63) is 39.9 Å². The van der Waals surface area contributed by atoms with Gasteiger partial charge in [-0.05, 0) is 31.5 Å². The van der Waals surface area contributed by atoms with Crippen molar-refractivity contribution in [3.63, 3.8) is 0 Å². The third-order valence-corrected chi connectivity index (χ3v) is 3.70. The van der Waals surface area contributed by atoms with E-state index in [2.05, 4.69) is 31.0 Å². The van der Waals surface area contributed by atoms with Crippen molar-refractivity contribution < 1.29 is 4.92 Å². The molecule has 21 heavy (non-hydrogen) atoms. The van der Waals surface area contributed by atoms with E-state index in [1.165, 1.54) is 6.07 Å². The van der Waals surface area contributed by atoms with Crippen molar-refractivity contribution in [2.75, 3.05) is 26.2 Å². The van der Waals surface area contributed by atoms with Crippen molar-refractivity contribution in [1.29, 1.82) is 0 Å². The molecule has 1 aromatic rings. The van der Waals surface area contributed by atoms with Crippen LogP contribution in [0.2, 0.25) is 0 Å². The lowest BCUT2D eigenvalue weighted by Crippen LogP contribution is -2.34. The predicted molar refractivity (Wildman–Crippen MR) is 86.5 cm³/mol. The molecule has 1 unspecified atom stereocenters. The summed E-state index contributed by atoms with van der Waals surface area (Å²) in [6, 6.07) is 7.09. The van der Waals surface area contributed by atoms with E-state index in [-0.39, 0.29) is 16.7 Å². The molecule has 0 aliphatic carbocycles. The first kappa shape index (κ1) is 17.6. The Bertz CT molecular complexity index is 437. The van der Waals surface area contributed by atoms with Crippen LogP contribution in [-0.2, 0) is 0 Å². The highest BCUT2D eigenvalue weighted by molar-refractivity contribution is 5.35. The lowest BCUT2D eigenvalue weighted by atomic mass is 10.0. The summed E-state index contributed by atoms with van der Waals surface area (Å²) in [4.78, 5) is 12.9. The van der Waals surface area contributed by atoms with Crippen LogP contribution in [0.4, 0.5) is 5.69 Å². The second-order valence-corrected chi connectivity index (χ2v) is 5.20. The Balaban J connectivity index is 2.58. The maximum atomic E-state index is 10.9. The van der Waals surface area contributed by atoms with Gasteiger partial charge in [0.2, 0.25) is 0 Å². The fourth-order valence-electron chi connectivity index (χ4n) is 2.49. The minimum absolute atomic E-state index is 0.161. The van der Waals surface area contributed by atoms with Gasteiger partial charge in [-0.15, -0.1) is 0 Å². The summed E-state index contributed by atoms with van der Waals surface area (Å²) in [6.45, 7) is 10.5. The van der Waals surface area contributed by atoms with Gasteiger partial charge in [0.15, 0.2) is 0 Å². The van der Waals surface area contributed by atoms with E-state index in [1.54, 1.807) is 12.1 Å². The SMILES string of the molecule is CCCN(CC)CCNC(CC)c1cccc([N+](=O)[O-])c1. The molecule has 0 spiro atoms. The molecule has 5 nitrogen and oxygen atoms in total. The Hall–Kier alpha value is -1.46. The summed E-state index contributed by atoms with van der Waals surface area (Å²) >= 11 is 0. The van der Waals surface area contributed by atoms with E-state index >= 15 is 0 Å². The van der Waals surface area contributed by atoms with E-state index in [1.807, 2.05) is 6.07 Å². The van der Waals surface area contributed by atoms with Crippen LogP contribution in [0.5, 0.6) is 0 Å². The smallest absolute Gasteiger partial charge is 0.269 e. The zero-order valence-corrected chi connectivity index (χ0v) is 13.3. The molecular weight excluding hydrogens is 266 g/mol. The first-order chi connectivity index (χ1) is 10.1. The van der Waals surface area contributed by atoms with Gasteiger partial charge < -0.3 is 10.2 Å². The molecule has 5 heteroatoms. The third kappa shape index (κ3) is 5.81. The Kier molecular flexibility index (Phi) is 7.93. The minimum atomic E-state index is -0.337. The highest BCUT2D eigenvalue weighted by atomic mass is 16.6. The second-order valence-electron chi connectivity index (χ2n) is 5.20. The molecule has 1 rings (SSSR count). The van der Waals surface area contributed by atoms with Crippen LogP contribution in [0.15, 0.2) is 24.3 Å². The number of nitro benzene ring substituents is 1. The molecule has 0 saturated heterocycles. The van der Waals surface area contributed by atoms with Crippen molar-refractivity contribution in [2.24, 2.45) is 0 Å². The zero-order chi connectivity index (χ0) is 15.7. The predicted octanol–water partition coefficient (Wildman–Crippen LogP) is 3.37. The molecule has 0 bridgehead atoms. The van der Waals surface area contributed by atoms with Crippen LogP contribution in [0.25, 0.3) is 0 Å². The number of nitrogens with zero attached hydrogens (tertiary/aromatic N) is 2. The summed E-state index contributed by atoms with van der Waals surface area (Å²) < 4.78 is 0. The van der Waals surface area contributed by atoms with Crippen LogP contribution in [-0.4, -0.2) is 36.0 Å². The Morgan fingerprint density at radius 3 is 2.62 bits per heavy atom. The summed E-state index contributed by atoms with van der Waals surface area (Å²) in [5.41, 5.74) is 1.15. The summed E-state index contributed by atoms with van der Waals surface area (Å²) in [6.07, 6.45) is 2.08.